The molecule has 6 rings (SSSR count). The molecule has 6 heteroatoms. The zero-order valence-electron chi connectivity index (χ0n) is 19.6. The molecule has 174 valence electrons. The van der Waals surface area contributed by atoms with E-state index < -0.39 is 0 Å². The number of anilines is 2. The summed E-state index contributed by atoms with van der Waals surface area (Å²) >= 11 is 0. The van der Waals surface area contributed by atoms with Gasteiger partial charge in [0.2, 0.25) is 0 Å². The fraction of sp³-hybridized carbons (Fsp3) is 0.0667. The Morgan fingerprint density at radius 3 is 1.00 bits per heavy atom. The highest BCUT2D eigenvalue weighted by Crippen LogP contribution is 2.43. The Bertz CT molecular complexity index is 1560. The lowest BCUT2D eigenvalue weighted by Gasteiger charge is -2.26. The number of benzene rings is 4. The molecule has 4 aromatic rings. The standard InChI is InChI=1S/C30H20N2O4/c1-31-21-13-11-15(23-25(21)29(35)19-9-5-3-7-17(19)27(23)33)16-12-14-22(32-2)26-24(16)28(34)18-8-4-6-10-20(18)30(26)36/h3-14,31-32H,1-2H3. The minimum absolute atomic E-state index is 0.226. The molecular weight excluding hydrogens is 452 g/mol. The van der Waals surface area contributed by atoms with Crippen LogP contribution in [-0.2, 0) is 0 Å². The number of carbonyl (C=O) groups excluding carboxylic acids is 4. The summed E-state index contributed by atoms with van der Waals surface area (Å²) in [6.07, 6.45) is 0. The molecule has 0 saturated carbocycles. The first-order valence-electron chi connectivity index (χ1n) is 11.5. The van der Waals surface area contributed by atoms with Crippen LogP contribution >= 0.6 is 0 Å². The van der Waals surface area contributed by atoms with E-state index in [-0.39, 0.29) is 45.4 Å². The molecule has 0 aromatic heterocycles. The Hall–Kier alpha value is -4.84. The van der Waals surface area contributed by atoms with Crippen LogP contribution < -0.4 is 10.6 Å². The maximum Gasteiger partial charge on any atom is 0.196 e. The van der Waals surface area contributed by atoms with E-state index in [0.717, 1.165) is 0 Å². The van der Waals surface area contributed by atoms with Crippen molar-refractivity contribution in [3.63, 3.8) is 0 Å². The van der Waals surface area contributed by atoms with Crippen LogP contribution in [0.5, 0.6) is 0 Å². The van der Waals surface area contributed by atoms with Gasteiger partial charge >= 0.3 is 0 Å². The molecule has 0 fully saturated rings. The third-order valence-electron chi connectivity index (χ3n) is 6.98. The number of carbonyl (C=O) groups is 4. The predicted molar refractivity (Wildman–Crippen MR) is 138 cm³/mol. The van der Waals surface area contributed by atoms with Crippen LogP contribution in [0.1, 0.15) is 63.7 Å². The zero-order valence-corrected chi connectivity index (χ0v) is 19.6. The lowest BCUT2D eigenvalue weighted by molar-refractivity contribution is 0.0978. The highest BCUT2D eigenvalue weighted by atomic mass is 16.1. The summed E-state index contributed by atoms with van der Waals surface area (Å²) < 4.78 is 0. The summed E-state index contributed by atoms with van der Waals surface area (Å²) in [5.41, 5.74) is 4.23. The van der Waals surface area contributed by atoms with Gasteiger partial charge in [0.1, 0.15) is 0 Å². The second-order valence-corrected chi connectivity index (χ2v) is 8.73. The molecule has 6 nitrogen and oxygen atoms in total. The lowest BCUT2D eigenvalue weighted by atomic mass is 9.75. The number of rotatable bonds is 3. The van der Waals surface area contributed by atoms with Gasteiger partial charge in [-0.3, -0.25) is 19.2 Å². The first-order chi connectivity index (χ1) is 17.5. The van der Waals surface area contributed by atoms with E-state index in [1.54, 1.807) is 86.9 Å². The van der Waals surface area contributed by atoms with Crippen LogP contribution in [0.2, 0.25) is 0 Å². The summed E-state index contributed by atoms with van der Waals surface area (Å²) in [7, 11) is 3.38. The Morgan fingerprint density at radius 2 is 0.694 bits per heavy atom. The Kier molecular flexibility index (Phi) is 4.73. The van der Waals surface area contributed by atoms with Crippen molar-refractivity contribution in [2.24, 2.45) is 0 Å². The smallest absolute Gasteiger partial charge is 0.196 e. The van der Waals surface area contributed by atoms with Gasteiger partial charge in [0, 0.05) is 58.9 Å². The molecule has 2 aliphatic carbocycles. The van der Waals surface area contributed by atoms with Gasteiger partial charge in [0.05, 0.1) is 11.1 Å². The molecule has 0 amide bonds. The van der Waals surface area contributed by atoms with Crippen LogP contribution in [0.15, 0.2) is 72.8 Å². The molecule has 4 aromatic carbocycles. The molecule has 36 heavy (non-hydrogen) atoms. The average Bonchev–Trinajstić information content (AvgIpc) is 2.93. The number of nitrogens with one attached hydrogen (secondary N) is 2. The van der Waals surface area contributed by atoms with Gasteiger partial charge in [0.15, 0.2) is 23.1 Å². The monoisotopic (exact) mass is 472 g/mol. The maximum atomic E-state index is 13.8. The van der Waals surface area contributed by atoms with Gasteiger partial charge in [-0.05, 0) is 23.3 Å². The summed E-state index contributed by atoms with van der Waals surface area (Å²) in [5, 5.41) is 6.04. The fourth-order valence-corrected chi connectivity index (χ4v) is 5.31. The molecule has 0 radical (unpaired) electrons. The van der Waals surface area contributed by atoms with E-state index in [4.69, 9.17) is 0 Å². The van der Waals surface area contributed by atoms with Crippen molar-refractivity contribution in [3.05, 3.63) is 117 Å². The number of hydrogen-bond donors (Lipinski definition) is 2. The fourth-order valence-electron chi connectivity index (χ4n) is 5.31. The van der Waals surface area contributed by atoms with Crippen molar-refractivity contribution in [1.29, 1.82) is 0 Å². The summed E-state index contributed by atoms with van der Waals surface area (Å²) in [4.78, 5) is 54.7. The molecule has 0 unspecified atom stereocenters. The van der Waals surface area contributed by atoms with Crippen molar-refractivity contribution < 1.29 is 19.2 Å². The van der Waals surface area contributed by atoms with Gasteiger partial charge in [-0.2, -0.15) is 0 Å². The Morgan fingerprint density at radius 1 is 0.389 bits per heavy atom. The van der Waals surface area contributed by atoms with Gasteiger partial charge in [-0.1, -0.05) is 60.7 Å². The average molecular weight is 473 g/mol. The zero-order chi connectivity index (χ0) is 25.1. The second-order valence-electron chi connectivity index (χ2n) is 8.73. The highest BCUT2D eigenvalue weighted by Gasteiger charge is 2.38. The molecule has 0 aliphatic heterocycles. The van der Waals surface area contributed by atoms with E-state index in [1.807, 2.05) is 0 Å². The molecular formula is C30H20N2O4. The second kappa shape index (κ2) is 7.85. The minimum Gasteiger partial charge on any atom is -0.388 e. The summed E-state index contributed by atoms with van der Waals surface area (Å²) in [6.45, 7) is 0. The van der Waals surface area contributed by atoms with Gasteiger partial charge in [0.25, 0.3) is 0 Å². The van der Waals surface area contributed by atoms with Crippen LogP contribution in [0, 0.1) is 0 Å². The summed E-state index contributed by atoms with van der Waals surface area (Å²) in [5.74, 6) is -1.12. The molecule has 0 bridgehead atoms. The highest BCUT2D eigenvalue weighted by molar-refractivity contribution is 6.35. The molecule has 0 saturated heterocycles. The minimum atomic E-state index is -0.297. The molecule has 2 N–H and O–H groups in total. The van der Waals surface area contributed by atoms with E-state index >= 15 is 0 Å². The number of ketones is 4. The maximum absolute atomic E-state index is 13.8. The number of fused-ring (bicyclic) bond motifs is 4. The predicted octanol–water partition coefficient (Wildman–Crippen LogP) is 4.99. The number of hydrogen-bond acceptors (Lipinski definition) is 6. The molecule has 0 heterocycles. The molecule has 0 atom stereocenters. The third kappa shape index (κ3) is 2.78. The van der Waals surface area contributed by atoms with E-state index in [2.05, 4.69) is 10.6 Å². The lowest BCUT2D eigenvalue weighted by Crippen LogP contribution is -2.25. The van der Waals surface area contributed by atoms with Crippen molar-refractivity contribution >= 4 is 34.5 Å². The SMILES string of the molecule is CNc1ccc(-c2ccc(NC)c3c2C(=O)c2ccccc2C3=O)c2c1C(=O)c1ccccc1C2=O. The van der Waals surface area contributed by atoms with Crippen LogP contribution in [0.4, 0.5) is 11.4 Å². The Labute approximate surface area is 207 Å². The van der Waals surface area contributed by atoms with Crippen LogP contribution in [-0.4, -0.2) is 37.2 Å². The Balaban J connectivity index is 1.69. The van der Waals surface area contributed by atoms with Gasteiger partial charge < -0.3 is 10.6 Å². The van der Waals surface area contributed by atoms with E-state index in [1.165, 1.54) is 0 Å². The largest absolute Gasteiger partial charge is 0.388 e. The van der Waals surface area contributed by atoms with Crippen molar-refractivity contribution in [3.8, 4) is 11.1 Å². The topological polar surface area (TPSA) is 92.3 Å². The van der Waals surface area contributed by atoms with E-state index in [0.29, 0.717) is 44.8 Å². The van der Waals surface area contributed by atoms with Crippen molar-refractivity contribution in [2.45, 2.75) is 0 Å². The van der Waals surface area contributed by atoms with Crippen LogP contribution in [0.25, 0.3) is 11.1 Å². The quantitative estimate of drug-likeness (QED) is 0.377. The first-order valence-corrected chi connectivity index (χ1v) is 11.5. The third-order valence-corrected chi connectivity index (χ3v) is 6.98. The van der Waals surface area contributed by atoms with Crippen molar-refractivity contribution in [1.82, 2.24) is 0 Å². The molecule has 2 aliphatic rings. The molecule has 0 spiro atoms. The normalized spacial score (nSPS) is 13.5. The van der Waals surface area contributed by atoms with Gasteiger partial charge in [-0.15, -0.1) is 0 Å². The van der Waals surface area contributed by atoms with E-state index in [9.17, 15) is 19.2 Å². The van der Waals surface area contributed by atoms with Crippen LogP contribution in [0.3, 0.4) is 0 Å². The summed E-state index contributed by atoms with van der Waals surface area (Å²) in [6, 6.07) is 20.4. The first kappa shape index (κ1) is 21.7. The van der Waals surface area contributed by atoms with Gasteiger partial charge in [-0.25, -0.2) is 0 Å². The van der Waals surface area contributed by atoms with Crippen molar-refractivity contribution in [2.75, 3.05) is 24.7 Å².